The summed E-state index contributed by atoms with van der Waals surface area (Å²) in [6, 6.07) is 16.9. The highest BCUT2D eigenvalue weighted by atomic mass is 16.5. The molecule has 132 valence electrons. The van der Waals surface area contributed by atoms with Crippen LogP contribution in [0.25, 0.3) is 27.1 Å². The first-order valence-electron chi connectivity index (χ1n) is 8.32. The average Bonchev–Trinajstić information content (AvgIpc) is 3.04. The monoisotopic (exact) mass is 356 g/mol. The van der Waals surface area contributed by atoms with E-state index >= 15 is 0 Å². The number of aromatic nitrogens is 2. The van der Waals surface area contributed by atoms with Crippen LogP contribution in [0.2, 0.25) is 0 Å². The fourth-order valence-corrected chi connectivity index (χ4v) is 2.94. The number of nitrogens with zero attached hydrogens (tertiary/aromatic N) is 4. The van der Waals surface area contributed by atoms with E-state index < -0.39 is 5.97 Å². The zero-order valence-corrected chi connectivity index (χ0v) is 14.9. The molecule has 6 heteroatoms. The Morgan fingerprint density at radius 3 is 2.52 bits per heavy atom. The molecule has 1 heterocycles. The molecule has 0 aliphatic carbocycles. The summed E-state index contributed by atoms with van der Waals surface area (Å²) in [6.07, 6.45) is 0. The van der Waals surface area contributed by atoms with Gasteiger partial charge in [0.05, 0.1) is 25.3 Å². The summed E-state index contributed by atoms with van der Waals surface area (Å²) in [5.41, 5.74) is 3.67. The molecular weight excluding hydrogens is 340 g/mol. The van der Waals surface area contributed by atoms with Gasteiger partial charge in [-0.15, -0.1) is 0 Å². The molecule has 0 saturated carbocycles. The van der Waals surface area contributed by atoms with E-state index in [9.17, 15) is 10.1 Å². The van der Waals surface area contributed by atoms with E-state index in [0.717, 1.165) is 11.1 Å². The van der Waals surface area contributed by atoms with Gasteiger partial charge >= 0.3 is 11.8 Å². The van der Waals surface area contributed by atoms with Crippen LogP contribution in [-0.2, 0) is 11.8 Å². The highest BCUT2D eigenvalue weighted by molar-refractivity contribution is 5.99. The molecule has 27 heavy (non-hydrogen) atoms. The third-order valence-electron chi connectivity index (χ3n) is 4.14. The second kappa shape index (κ2) is 7.55. The van der Waals surface area contributed by atoms with E-state index in [1.807, 2.05) is 42.5 Å². The van der Waals surface area contributed by atoms with Crippen molar-refractivity contribution in [2.45, 2.75) is 6.92 Å². The topological polar surface area (TPSA) is 72.3 Å². The second-order valence-electron chi connectivity index (χ2n) is 5.74. The van der Waals surface area contributed by atoms with Gasteiger partial charge in [-0.3, -0.25) is 0 Å². The van der Waals surface area contributed by atoms with E-state index in [4.69, 9.17) is 11.3 Å². The van der Waals surface area contributed by atoms with Gasteiger partial charge in [0.15, 0.2) is 5.69 Å². The van der Waals surface area contributed by atoms with Gasteiger partial charge in [0.1, 0.15) is 0 Å². The molecule has 3 aromatic rings. The maximum atomic E-state index is 12.3. The summed E-state index contributed by atoms with van der Waals surface area (Å²) >= 11 is 0. The molecule has 0 atom stereocenters. The van der Waals surface area contributed by atoms with E-state index in [2.05, 4.69) is 16.0 Å². The Hall–Kier alpha value is -3.90. The van der Waals surface area contributed by atoms with Crippen LogP contribution in [0.4, 0.5) is 5.82 Å². The first-order valence-corrected chi connectivity index (χ1v) is 8.32. The molecule has 0 aliphatic heterocycles. The van der Waals surface area contributed by atoms with Crippen LogP contribution in [0.3, 0.4) is 0 Å². The maximum Gasteiger partial charge on any atom is 0.357 e. The molecule has 0 N–H and O–H groups in total. The zero-order chi connectivity index (χ0) is 19.4. The lowest BCUT2D eigenvalue weighted by atomic mass is 9.97. The van der Waals surface area contributed by atoms with Crippen molar-refractivity contribution in [1.82, 2.24) is 9.78 Å². The van der Waals surface area contributed by atoms with Crippen LogP contribution in [0.1, 0.15) is 23.0 Å². The predicted molar refractivity (Wildman–Crippen MR) is 101 cm³/mol. The van der Waals surface area contributed by atoms with Gasteiger partial charge in [-0.1, -0.05) is 49.0 Å². The Bertz CT molecular complexity index is 1080. The number of benzene rings is 2. The third kappa shape index (κ3) is 3.29. The van der Waals surface area contributed by atoms with Crippen LogP contribution >= 0.6 is 0 Å². The predicted octanol–water partition coefficient (Wildman–Crippen LogP) is 4.35. The molecule has 0 amide bonds. The fourth-order valence-electron chi connectivity index (χ4n) is 2.94. The number of rotatable bonds is 4. The summed E-state index contributed by atoms with van der Waals surface area (Å²) in [5, 5.41) is 13.4. The highest BCUT2D eigenvalue weighted by Crippen LogP contribution is 2.35. The molecule has 0 saturated heterocycles. The molecule has 0 radical (unpaired) electrons. The smallest absolute Gasteiger partial charge is 0.357 e. The van der Waals surface area contributed by atoms with Crippen molar-refractivity contribution in [3.05, 3.63) is 71.2 Å². The Balaban J connectivity index is 2.10. The first kappa shape index (κ1) is 17.9. The summed E-state index contributed by atoms with van der Waals surface area (Å²) in [6.45, 7) is 9.34. The van der Waals surface area contributed by atoms with Crippen molar-refractivity contribution >= 4 is 11.8 Å². The van der Waals surface area contributed by atoms with Gasteiger partial charge in [-0.2, -0.15) is 9.94 Å². The number of aryl methyl sites for hydroxylation is 1. The minimum atomic E-state index is -0.517. The van der Waals surface area contributed by atoms with Gasteiger partial charge in [-0.25, -0.2) is 4.79 Å². The molecule has 0 unspecified atom stereocenters. The lowest BCUT2D eigenvalue weighted by molar-refractivity contribution is 0.0514. The number of ether oxygens (including phenoxy) is 1. The molecule has 0 bridgehead atoms. The molecule has 3 rings (SSSR count). The molecular formula is C21H16N4O2. The van der Waals surface area contributed by atoms with Gasteiger partial charge in [0.25, 0.3) is 0 Å². The summed E-state index contributed by atoms with van der Waals surface area (Å²) in [5.74, 6) is -0.373. The van der Waals surface area contributed by atoms with E-state index in [0.29, 0.717) is 16.7 Å². The largest absolute Gasteiger partial charge is 0.461 e. The highest BCUT2D eigenvalue weighted by Gasteiger charge is 2.26. The SMILES string of the molecule is [C-]#[N+]c1nn(C)c(C(=O)OCC)c1-c1ccc(-c2ccccc2C#N)cc1. The minimum absolute atomic E-state index is 0.144. The van der Waals surface area contributed by atoms with Crippen molar-refractivity contribution in [2.24, 2.45) is 7.05 Å². The van der Waals surface area contributed by atoms with E-state index in [1.165, 1.54) is 4.68 Å². The molecule has 1 aromatic heterocycles. The molecule has 0 fully saturated rings. The van der Waals surface area contributed by atoms with Crippen LogP contribution in [-0.4, -0.2) is 22.4 Å². The number of esters is 1. The summed E-state index contributed by atoms with van der Waals surface area (Å²) in [4.78, 5) is 15.8. The Morgan fingerprint density at radius 2 is 1.89 bits per heavy atom. The van der Waals surface area contributed by atoms with Gasteiger partial charge in [-0.05, 0) is 34.8 Å². The van der Waals surface area contributed by atoms with Crippen molar-refractivity contribution in [3.63, 3.8) is 0 Å². The fraction of sp³-hybridized carbons (Fsp3) is 0.143. The first-order chi connectivity index (χ1) is 13.1. The van der Waals surface area contributed by atoms with Crippen LogP contribution in [0.5, 0.6) is 0 Å². The number of carbonyl (C=O) groups excluding carboxylic acids is 1. The van der Waals surface area contributed by atoms with Crippen molar-refractivity contribution < 1.29 is 9.53 Å². The average molecular weight is 356 g/mol. The number of carbonyl (C=O) groups is 1. The lowest BCUT2D eigenvalue weighted by Gasteiger charge is -2.08. The second-order valence-corrected chi connectivity index (χ2v) is 5.74. The van der Waals surface area contributed by atoms with E-state index in [-0.39, 0.29) is 18.1 Å². The Kier molecular flexibility index (Phi) is 5.01. The number of nitriles is 1. The van der Waals surface area contributed by atoms with E-state index in [1.54, 1.807) is 20.0 Å². The zero-order valence-electron chi connectivity index (χ0n) is 14.9. The standard InChI is InChI=1S/C21H16N4O2/c1-4-27-21(26)19-18(20(23-2)24-25(19)3)15-11-9-14(10-12-15)17-8-6-5-7-16(17)13-22/h5-12H,4H2,1,3H3. The summed E-state index contributed by atoms with van der Waals surface area (Å²) in [7, 11) is 1.61. The quantitative estimate of drug-likeness (QED) is 0.514. The van der Waals surface area contributed by atoms with Crippen LogP contribution < -0.4 is 0 Å². The molecule has 6 nitrogen and oxygen atoms in total. The number of hydrogen-bond donors (Lipinski definition) is 0. The maximum absolute atomic E-state index is 12.3. The summed E-state index contributed by atoms with van der Waals surface area (Å²) < 4.78 is 6.49. The normalized spacial score (nSPS) is 10.1. The Labute approximate surface area is 157 Å². The molecule has 2 aromatic carbocycles. The van der Waals surface area contributed by atoms with Crippen LogP contribution in [0.15, 0.2) is 48.5 Å². The lowest BCUT2D eigenvalue weighted by Crippen LogP contribution is -2.11. The minimum Gasteiger partial charge on any atom is -0.461 e. The molecule has 0 aliphatic rings. The van der Waals surface area contributed by atoms with Crippen LogP contribution in [0, 0.1) is 17.9 Å². The third-order valence-corrected chi connectivity index (χ3v) is 4.14. The molecule has 0 spiro atoms. The van der Waals surface area contributed by atoms with Gasteiger partial charge in [0.2, 0.25) is 0 Å². The van der Waals surface area contributed by atoms with Crippen molar-refractivity contribution in [1.29, 1.82) is 5.26 Å². The van der Waals surface area contributed by atoms with Crippen molar-refractivity contribution in [2.75, 3.05) is 6.61 Å². The van der Waals surface area contributed by atoms with Gasteiger partial charge in [0, 0.05) is 5.56 Å². The number of hydrogen-bond acceptors (Lipinski definition) is 4. The Morgan fingerprint density at radius 1 is 1.22 bits per heavy atom. The van der Waals surface area contributed by atoms with Gasteiger partial charge < -0.3 is 9.58 Å². The van der Waals surface area contributed by atoms with Crippen molar-refractivity contribution in [3.8, 4) is 28.3 Å².